The van der Waals surface area contributed by atoms with Gasteiger partial charge in [0, 0.05) is 25.6 Å². The minimum absolute atomic E-state index is 0.0792. The predicted molar refractivity (Wildman–Crippen MR) is 145 cm³/mol. The summed E-state index contributed by atoms with van der Waals surface area (Å²) in [5.74, 6) is 3.43. The summed E-state index contributed by atoms with van der Waals surface area (Å²) < 4.78 is 0.919. The van der Waals surface area contributed by atoms with Gasteiger partial charge in [-0.15, -0.1) is 0 Å². The maximum Gasteiger partial charge on any atom is 0.433 e. The second kappa shape index (κ2) is 10.9. The van der Waals surface area contributed by atoms with Crippen LogP contribution in [0.1, 0.15) is 78.6 Å². The van der Waals surface area contributed by atoms with E-state index in [1.807, 2.05) is 0 Å². The van der Waals surface area contributed by atoms with Crippen LogP contribution in [0.4, 0.5) is 4.79 Å². The highest BCUT2D eigenvalue weighted by atomic mass is 16.7. The first-order valence-electron chi connectivity index (χ1n) is 14.6. The fraction of sp³-hybridized carbons (Fsp3) is 0.931. The van der Waals surface area contributed by atoms with Crippen LogP contribution in [0.2, 0.25) is 0 Å². The van der Waals surface area contributed by atoms with Gasteiger partial charge in [-0.2, -0.15) is 0 Å². The Morgan fingerprint density at radius 3 is 2.44 bits per heavy atom. The van der Waals surface area contributed by atoms with Crippen molar-refractivity contribution in [3.05, 3.63) is 0 Å². The minimum atomic E-state index is -0.461. The molecule has 4 aliphatic rings. The monoisotopic (exact) mass is 505 g/mol. The molecule has 0 aromatic carbocycles. The van der Waals surface area contributed by atoms with Gasteiger partial charge in [-0.3, -0.25) is 4.84 Å². The largest absolute Gasteiger partial charge is 0.433 e. The number of hydrogen-bond acceptors (Lipinski definition) is 5. The molecule has 1 amide bonds. The molecule has 0 radical (unpaired) electrons. The zero-order valence-electron chi connectivity index (χ0n) is 23.8. The van der Waals surface area contributed by atoms with E-state index in [1.165, 1.54) is 38.5 Å². The Bertz CT molecular complexity index is 811. The minimum Gasteiger partial charge on any atom is -0.393 e. The van der Waals surface area contributed by atoms with Crippen LogP contribution >= 0.6 is 0 Å². The molecule has 0 aromatic heterocycles. The van der Waals surface area contributed by atoms with Crippen molar-refractivity contribution in [3.63, 3.8) is 0 Å². The molecule has 0 aromatic rings. The summed E-state index contributed by atoms with van der Waals surface area (Å²) in [6.07, 6.45) is 10.2. The summed E-state index contributed by atoms with van der Waals surface area (Å²) in [4.78, 5) is 17.5. The van der Waals surface area contributed by atoms with Crippen molar-refractivity contribution in [2.75, 3.05) is 47.3 Å². The third kappa shape index (κ3) is 5.78. The van der Waals surface area contributed by atoms with Crippen molar-refractivity contribution in [3.8, 4) is 0 Å². The van der Waals surface area contributed by atoms with E-state index >= 15 is 0 Å². The lowest BCUT2D eigenvalue weighted by atomic mass is 9.44. The SMILES string of the molecule is C/C(=N\OC(=O)NCCNCC[N+](C)(C)C)[C@H]1CC[C@H]2[C@@H]3CC[C@H]4C[C@H](O)CC[C@]4(C)[C@H]3CC[C@]12C. The normalized spacial score (nSPS) is 40.7. The lowest BCUT2D eigenvalue weighted by molar-refractivity contribution is -0.869. The molecule has 0 spiro atoms. The van der Waals surface area contributed by atoms with Gasteiger partial charge in [0.05, 0.1) is 39.5 Å². The average molecular weight is 506 g/mol. The molecule has 4 aliphatic carbocycles. The molecule has 0 aliphatic heterocycles. The number of carbonyl (C=O) groups excluding carboxylic acids is 1. The van der Waals surface area contributed by atoms with E-state index < -0.39 is 6.09 Å². The van der Waals surface area contributed by atoms with Crippen LogP contribution in [0.25, 0.3) is 0 Å². The van der Waals surface area contributed by atoms with Crippen molar-refractivity contribution < 1.29 is 19.2 Å². The molecule has 0 saturated heterocycles. The van der Waals surface area contributed by atoms with Gasteiger partial charge in [-0.05, 0) is 99.2 Å². The first-order valence-corrected chi connectivity index (χ1v) is 14.6. The maximum absolute atomic E-state index is 12.2. The van der Waals surface area contributed by atoms with Crippen LogP contribution in [-0.2, 0) is 4.84 Å². The van der Waals surface area contributed by atoms with Gasteiger partial charge in [0.2, 0.25) is 0 Å². The van der Waals surface area contributed by atoms with Crippen LogP contribution < -0.4 is 10.6 Å². The van der Waals surface area contributed by atoms with Gasteiger partial charge in [0.15, 0.2) is 0 Å². The van der Waals surface area contributed by atoms with E-state index in [2.05, 4.69) is 57.7 Å². The van der Waals surface area contributed by atoms with Gasteiger partial charge in [-0.25, -0.2) is 4.79 Å². The quantitative estimate of drug-likeness (QED) is 0.150. The molecule has 4 fully saturated rings. The topological polar surface area (TPSA) is 83.0 Å². The number of aliphatic hydroxyl groups is 1. The summed E-state index contributed by atoms with van der Waals surface area (Å²) >= 11 is 0. The van der Waals surface area contributed by atoms with Crippen LogP contribution in [0.15, 0.2) is 5.16 Å². The molecular formula is C29H53N4O3+. The molecule has 3 N–H and O–H groups in total. The summed E-state index contributed by atoms with van der Waals surface area (Å²) in [5.41, 5.74) is 1.64. The highest BCUT2D eigenvalue weighted by Crippen LogP contribution is 2.67. The van der Waals surface area contributed by atoms with Crippen molar-refractivity contribution in [2.24, 2.45) is 45.6 Å². The summed E-state index contributed by atoms with van der Waals surface area (Å²) in [6, 6.07) is 0. The Hall–Kier alpha value is -1.18. The van der Waals surface area contributed by atoms with Crippen LogP contribution in [0.5, 0.6) is 0 Å². The number of carbonyl (C=O) groups is 1. The number of fused-ring (bicyclic) bond motifs is 5. The summed E-state index contributed by atoms with van der Waals surface area (Å²) in [5, 5.41) is 20.8. The third-order valence-electron chi connectivity index (χ3n) is 10.9. The fourth-order valence-corrected chi connectivity index (χ4v) is 8.92. The maximum atomic E-state index is 12.2. The molecule has 0 heterocycles. The number of quaternary nitrogens is 1. The molecule has 7 heteroatoms. The molecule has 4 rings (SSSR count). The van der Waals surface area contributed by atoms with Gasteiger partial charge >= 0.3 is 6.09 Å². The van der Waals surface area contributed by atoms with E-state index in [1.54, 1.807) is 0 Å². The molecule has 7 nitrogen and oxygen atoms in total. The number of nitrogens with one attached hydrogen (secondary N) is 2. The molecule has 206 valence electrons. The molecule has 36 heavy (non-hydrogen) atoms. The molecular weight excluding hydrogens is 452 g/mol. The Kier molecular flexibility index (Phi) is 8.43. The standard InChI is InChI=1S/C29H52N4O3/c1-20(32-36-27(35)31-16-15-30-17-18-33(4,5)6)24-9-10-25-23-8-7-21-19-22(34)11-13-28(21,2)26(23)12-14-29(24,25)3/h21-26,30,34H,7-19H2,1-6H3/p+1/b32-20+/t21-,22+,23-,24+,25-,26-,28-,29+/m0/s1. The van der Waals surface area contributed by atoms with Crippen LogP contribution in [0.3, 0.4) is 0 Å². The molecule has 0 bridgehead atoms. The van der Waals surface area contributed by atoms with Gasteiger partial charge in [-0.1, -0.05) is 19.0 Å². The zero-order chi connectivity index (χ0) is 26.1. The third-order valence-corrected chi connectivity index (χ3v) is 10.9. The summed E-state index contributed by atoms with van der Waals surface area (Å²) in [7, 11) is 6.51. The number of oxime groups is 1. The smallest absolute Gasteiger partial charge is 0.393 e. The van der Waals surface area contributed by atoms with E-state index in [4.69, 9.17) is 4.84 Å². The van der Waals surface area contributed by atoms with Crippen molar-refractivity contribution in [1.29, 1.82) is 0 Å². The molecule has 8 atom stereocenters. The second-order valence-corrected chi connectivity index (χ2v) is 14.1. The van der Waals surface area contributed by atoms with Crippen LogP contribution in [-0.4, -0.2) is 74.8 Å². The number of amides is 1. The second-order valence-electron chi connectivity index (χ2n) is 14.1. The zero-order valence-corrected chi connectivity index (χ0v) is 23.8. The van der Waals surface area contributed by atoms with Crippen LogP contribution in [0, 0.1) is 40.4 Å². The highest BCUT2D eigenvalue weighted by Gasteiger charge is 2.60. The molecule has 4 saturated carbocycles. The van der Waals surface area contributed by atoms with Crippen molar-refractivity contribution >= 4 is 11.8 Å². The van der Waals surface area contributed by atoms with E-state index in [-0.39, 0.29) is 11.5 Å². The molecule has 0 unspecified atom stereocenters. The van der Waals surface area contributed by atoms with E-state index in [0.717, 1.165) is 66.8 Å². The van der Waals surface area contributed by atoms with E-state index in [9.17, 15) is 9.90 Å². The van der Waals surface area contributed by atoms with Crippen molar-refractivity contribution in [1.82, 2.24) is 10.6 Å². The van der Waals surface area contributed by atoms with Gasteiger partial charge < -0.3 is 20.2 Å². The Morgan fingerprint density at radius 1 is 0.972 bits per heavy atom. The first-order chi connectivity index (χ1) is 16.9. The highest BCUT2D eigenvalue weighted by molar-refractivity contribution is 5.85. The first kappa shape index (κ1) is 27.8. The number of rotatable bonds is 8. The average Bonchev–Trinajstić information content (AvgIpc) is 3.17. The van der Waals surface area contributed by atoms with Gasteiger partial charge in [0.1, 0.15) is 0 Å². The Morgan fingerprint density at radius 2 is 1.69 bits per heavy atom. The number of aliphatic hydroxyl groups excluding tert-OH is 1. The number of hydrogen-bond donors (Lipinski definition) is 3. The van der Waals surface area contributed by atoms with Gasteiger partial charge in [0.25, 0.3) is 0 Å². The number of likely N-dealkylation sites (N-methyl/N-ethyl adjacent to an activating group) is 1. The lowest BCUT2D eigenvalue weighted by Gasteiger charge is -2.61. The van der Waals surface area contributed by atoms with E-state index in [0.29, 0.717) is 23.8 Å². The predicted octanol–water partition coefficient (Wildman–Crippen LogP) is 4.40. The fourth-order valence-electron chi connectivity index (χ4n) is 8.92. The lowest BCUT2D eigenvalue weighted by Crippen LogP contribution is -2.54. The van der Waals surface area contributed by atoms with Crippen molar-refractivity contribution in [2.45, 2.75) is 84.7 Å². The summed E-state index contributed by atoms with van der Waals surface area (Å²) in [6.45, 7) is 10.3. The Labute approximate surface area is 219 Å². The number of nitrogens with zero attached hydrogens (tertiary/aromatic N) is 2. The Balaban J connectivity index is 1.28.